The van der Waals surface area contributed by atoms with Crippen LogP contribution in [0, 0.1) is 17.8 Å². The van der Waals surface area contributed by atoms with Crippen molar-refractivity contribution in [1.82, 2.24) is 5.32 Å². The number of aryl methyl sites for hydroxylation is 1. The highest BCUT2D eigenvalue weighted by molar-refractivity contribution is 5.75. The molecular weight excluding hydrogens is 566 g/mol. The highest BCUT2D eigenvalue weighted by atomic mass is 16.7. The maximum absolute atomic E-state index is 11.8. The van der Waals surface area contributed by atoms with Crippen LogP contribution in [0.5, 0.6) is 0 Å². The van der Waals surface area contributed by atoms with E-state index >= 15 is 0 Å². The summed E-state index contributed by atoms with van der Waals surface area (Å²) in [4.78, 5) is 11.8. The van der Waals surface area contributed by atoms with Gasteiger partial charge in [0, 0.05) is 19.4 Å². The number of ether oxygens (including phenoxy) is 2. The van der Waals surface area contributed by atoms with Gasteiger partial charge in [0.25, 0.3) is 0 Å². The molecule has 10 nitrogen and oxygen atoms in total. The fraction of sp³-hybridized carbons (Fsp3) is 0.794. The largest absolute Gasteiger partial charge is 0.394 e. The molecule has 7 N–H and O–H groups in total. The lowest BCUT2D eigenvalue weighted by atomic mass is 9.78. The van der Waals surface area contributed by atoms with E-state index in [0.717, 1.165) is 44.9 Å². The third kappa shape index (κ3) is 10.2. The zero-order valence-corrected chi connectivity index (χ0v) is 26.8. The molecule has 1 aromatic carbocycles. The topological polar surface area (TPSA) is 169 Å². The van der Waals surface area contributed by atoms with Crippen LogP contribution in [-0.4, -0.2) is 98.2 Å². The minimum Gasteiger partial charge on any atom is -0.394 e. The molecule has 3 rings (SSSR count). The standard InChI is InChI=1S/C34H57NO9/c1-4-35-29(39)15-11-6-5-10-14-25-27(43-34(3)33(42)32(41)31(40)28(21-36)44-34)20-26(38)30(25)22(2)16-18-24(37)19-17-23-12-8-7-9-13-23/h7-9,12-13,22,24-28,30-33,36-38,40-42H,4-6,10-11,14-21H2,1-3H3,(H,35,39)/t22-,24+,25-,26+,27-,28?,30+,31+,32?,33?,34-/m0/s1. The van der Waals surface area contributed by atoms with Crippen LogP contribution in [0.2, 0.25) is 0 Å². The molecule has 1 aliphatic heterocycles. The van der Waals surface area contributed by atoms with E-state index in [1.165, 1.54) is 12.5 Å². The molecule has 2 aliphatic rings. The first-order chi connectivity index (χ1) is 21.0. The van der Waals surface area contributed by atoms with Gasteiger partial charge < -0.3 is 45.4 Å². The van der Waals surface area contributed by atoms with Gasteiger partial charge in [-0.05, 0) is 75.7 Å². The number of hydrogen-bond donors (Lipinski definition) is 7. The number of aliphatic hydroxyl groups is 6. The van der Waals surface area contributed by atoms with E-state index in [-0.39, 0.29) is 23.7 Å². The van der Waals surface area contributed by atoms with Gasteiger partial charge in [0.2, 0.25) is 5.91 Å². The molecule has 1 heterocycles. The predicted molar refractivity (Wildman–Crippen MR) is 166 cm³/mol. The molecule has 1 amide bonds. The quantitative estimate of drug-likeness (QED) is 0.121. The fourth-order valence-electron chi connectivity index (χ4n) is 7.19. The minimum atomic E-state index is -1.69. The Hall–Kier alpha value is -1.63. The summed E-state index contributed by atoms with van der Waals surface area (Å²) in [5, 5.41) is 66.1. The number of nitrogens with one attached hydrogen (secondary N) is 1. The van der Waals surface area contributed by atoms with Crippen molar-refractivity contribution in [3.8, 4) is 0 Å². The third-order valence-electron chi connectivity index (χ3n) is 9.72. The lowest BCUT2D eigenvalue weighted by molar-refractivity contribution is -0.369. The molecule has 44 heavy (non-hydrogen) atoms. The Morgan fingerprint density at radius 2 is 1.75 bits per heavy atom. The van der Waals surface area contributed by atoms with Crippen molar-refractivity contribution < 1.29 is 44.9 Å². The van der Waals surface area contributed by atoms with Gasteiger partial charge in [-0.1, -0.05) is 56.5 Å². The molecule has 252 valence electrons. The summed E-state index contributed by atoms with van der Waals surface area (Å²) in [7, 11) is 0. The van der Waals surface area contributed by atoms with E-state index in [9.17, 15) is 35.4 Å². The van der Waals surface area contributed by atoms with Gasteiger partial charge in [0.15, 0.2) is 5.79 Å². The molecule has 1 saturated carbocycles. The van der Waals surface area contributed by atoms with Crippen molar-refractivity contribution in [3.05, 3.63) is 35.9 Å². The van der Waals surface area contributed by atoms with E-state index in [2.05, 4.69) is 24.4 Å². The van der Waals surface area contributed by atoms with Crippen molar-refractivity contribution >= 4 is 5.91 Å². The molecule has 0 aromatic heterocycles. The average Bonchev–Trinajstić information content (AvgIpc) is 3.31. The van der Waals surface area contributed by atoms with E-state index in [0.29, 0.717) is 32.2 Å². The second-order valence-corrected chi connectivity index (χ2v) is 13.1. The zero-order chi connectivity index (χ0) is 32.3. The van der Waals surface area contributed by atoms with Gasteiger partial charge in [-0.3, -0.25) is 4.79 Å². The molecule has 0 bridgehead atoms. The lowest BCUT2D eigenvalue weighted by Crippen LogP contribution is -2.65. The van der Waals surface area contributed by atoms with Gasteiger partial charge >= 0.3 is 0 Å². The number of unbranched alkanes of at least 4 members (excludes halogenated alkanes) is 3. The molecule has 1 aromatic rings. The maximum Gasteiger partial charge on any atom is 0.219 e. The summed E-state index contributed by atoms with van der Waals surface area (Å²) in [5.74, 6) is -1.71. The molecule has 10 heteroatoms. The first-order valence-electron chi connectivity index (χ1n) is 16.7. The summed E-state index contributed by atoms with van der Waals surface area (Å²) in [6.07, 6.45) is 0.631. The van der Waals surface area contributed by atoms with Crippen LogP contribution in [0.25, 0.3) is 0 Å². The molecule has 0 radical (unpaired) electrons. The van der Waals surface area contributed by atoms with Crippen LogP contribution >= 0.6 is 0 Å². The van der Waals surface area contributed by atoms with Crippen LogP contribution in [0.15, 0.2) is 30.3 Å². The molecule has 0 spiro atoms. The number of aliphatic hydroxyl groups excluding tert-OH is 6. The van der Waals surface area contributed by atoms with Gasteiger partial charge in [-0.15, -0.1) is 0 Å². The zero-order valence-electron chi connectivity index (χ0n) is 26.8. The van der Waals surface area contributed by atoms with Gasteiger partial charge in [-0.25, -0.2) is 0 Å². The lowest BCUT2D eigenvalue weighted by Gasteiger charge is -2.48. The number of rotatable bonds is 18. The van der Waals surface area contributed by atoms with E-state index in [1.807, 2.05) is 25.1 Å². The van der Waals surface area contributed by atoms with Crippen LogP contribution in [0.1, 0.15) is 90.5 Å². The summed E-state index contributed by atoms with van der Waals surface area (Å²) in [6.45, 7) is 5.58. The summed E-state index contributed by atoms with van der Waals surface area (Å²) in [5.41, 5.74) is 1.19. The van der Waals surface area contributed by atoms with E-state index in [4.69, 9.17) is 9.47 Å². The number of amides is 1. The van der Waals surface area contributed by atoms with Crippen LogP contribution in [0.4, 0.5) is 0 Å². The average molecular weight is 624 g/mol. The Morgan fingerprint density at radius 3 is 2.43 bits per heavy atom. The van der Waals surface area contributed by atoms with Crippen LogP contribution in [-0.2, 0) is 20.7 Å². The monoisotopic (exact) mass is 623 g/mol. The van der Waals surface area contributed by atoms with Crippen molar-refractivity contribution in [2.24, 2.45) is 17.8 Å². The Morgan fingerprint density at radius 1 is 1.05 bits per heavy atom. The molecular formula is C34H57NO9. The smallest absolute Gasteiger partial charge is 0.219 e. The Bertz CT molecular complexity index is 965. The molecule has 3 unspecified atom stereocenters. The van der Waals surface area contributed by atoms with Gasteiger partial charge in [-0.2, -0.15) is 0 Å². The number of carbonyl (C=O) groups is 1. The van der Waals surface area contributed by atoms with E-state index in [1.54, 1.807) is 0 Å². The Kier molecular flexibility index (Phi) is 15.0. The summed E-state index contributed by atoms with van der Waals surface area (Å²) < 4.78 is 12.2. The number of hydrogen-bond acceptors (Lipinski definition) is 9. The highest BCUT2D eigenvalue weighted by Crippen LogP contribution is 2.46. The second kappa shape index (κ2) is 17.9. The first kappa shape index (κ1) is 36.8. The van der Waals surface area contributed by atoms with Crippen LogP contribution < -0.4 is 5.32 Å². The number of carbonyl (C=O) groups excluding carboxylic acids is 1. The molecule has 1 aliphatic carbocycles. The molecule has 11 atom stereocenters. The summed E-state index contributed by atoms with van der Waals surface area (Å²) in [6, 6.07) is 10.1. The second-order valence-electron chi connectivity index (χ2n) is 13.1. The minimum absolute atomic E-state index is 0.0625. The number of benzene rings is 1. The van der Waals surface area contributed by atoms with Crippen LogP contribution in [0.3, 0.4) is 0 Å². The molecule has 2 fully saturated rings. The first-order valence-corrected chi connectivity index (χ1v) is 16.7. The Balaban J connectivity index is 1.64. The van der Waals surface area contributed by atoms with Crippen molar-refractivity contribution in [2.75, 3.05) is 13.2 Å². The predicted octanol–water partition coefficient (Wildman–Crippen LogP) is 2.45. The maximum atomic E-state index is 11.8. The Labute approximate surface area is 262 Å². The summed E-state index contributed by atoms with van der Waals surface area (Å²) >= 11 is 0. The fourth-order valence-corrected chi connectivity index (χ4v) is 7.19. The normalized spacial score (nSPS) is 33.7. The third-order valence-corrected chi connectivity index (χ3v) is 9.72. The van der Waals surface area contributed by atoms with Gasteiger partial charge in [0.1, 0.15) is 24.4 Å². The van der Waals surface area contributed by atoms with Crippen molar-refractivity contribution in [2.45, 2.75) is 140 Å². The van der Waals surface area contributed by atoms with E-state index < -0.39 is 55.1 Å². The highest BCUT2D eigenvalue weighted by Gasteiger charge is 2.55. The van der Waals surface area contributed by atoms with Gasteiger partial charge in [0.05, 0.1) is 24.9 Å². The molecule has 1 saturated heterocycles. The van der Waals surface area contributed by atoms with Crippen molar-refractivity contribution in [3.63, 3.8) is 0 Å². The SMILES string of the molecule is CCNC(=O)CCCCCC[C@@H]1[C@@H]([C@@H](C)CC[C@@H](O)CCc2ccccc2)[C@H](O)C[C@@H]1O[C@@]1(C)OC(CO)[C@@H](O)C(O)C1O. The van der Waals surface area contributed by atoms with Crippen molar-refractivity contribution in [1.29, 1.82) is 0 Å².